The molecule has 1 amide bonds. The number of carbonyl (C=O) groups excluding carboxylic acids is 2. The second-order valence-corrected chi connectivity index (χ2v) is 8.57. The summed E-state index contributed by atoms with van der Waals surface area (Å²) < 4.78 is 32.4. The summed E-state index contributed by atoms with van der Waals surface area (Å²) in [5.41, 5.74) is 1.18. The van der Waals surface area contributed by atoms with Crippen LogP contribution in [0.1, 0.15) is 42.4 Å². The van der Waals surface area contributed by atoms with Crippen LogP contribution in [-0.2, 0) is 14.9 Å². The predicted molar refractivity (Wildman–Crippen MR) is 116 cm³/mol. The molecule has 6 nitrogen and oxygen atoms in total. The molecule has 0 saturated heterocycles. The Kier molecular flexibility index (Phi) is 5.50. The van der Waals surface area contributed by atoms with E-state index in [0.29, 0.717) is 16.4 Å². The van der Waals surface area contributed by atoms with E-state index in [0.717, 1.165) is 23.1 Å². The number of esters is 1. The summed E-state index contributed by atoms with van der Waals surface area (Å²) in [7, 11) is 0. The van der Waals surface area contributed by atoms with Crippen LogP contribution >= 0.6 is 11.6 Å². The van der Waals surface area contributed by atoms with Crippen molar-refractivity contribution in [1.82, 2.24) is 14.9 Å². The minimum Gasteiger partial charge on any atom is -0.462 e. The van der Waals surface area contributed by atoms with Gasteiger partial charge in [0.15, 0.2) is 11.6 Å². The van der Waals surface area contributed by atoms with Gasteiger partial charge in [-0.1, -0.05) is 25.4 Å². The average Bonchev–Trinajstić information content (AvgIpc) is 3.06. The lowest BCUT2D eigenvalue weighted by molar-refractivity contribution is -0.136. The van der Waals surface area contributed by atoms with Gasteiger partial charge in [-0.2, -0.15) is 0 Å². The van der Waals surface area contributed by atoms with E-state index >= 15 is 0 Å². The van der Waals surface area contributed by atoms with Gasteiger partial charge in [0.25, 0.3) is 5.91 Å². The fraction of sp³-hybridized carbons (Fsp3) is 0.261. The first-order chi connectivity index (χ1) is 15.1. The Morgan fingerprint density at radius 1 is 1.25 bits per heavy atom. The minimum atomic E-state index is -1.13. The van der Waals surface area contributed by atoms with E-state index < -0.39 is 28.9 Å². The van der Waals surface area contributed by atoms with Crippen LogP contribution in [0.4, 0.5) is 8.78 Å². The summed E-state index contributed by atoms with van der Waals surface area (Å²) in [5, 5.41) is 1.14. The van der Waals surface area contributed by atoms with Crippen molar-refractivity contribution in [3.05, 3.63) is 70.1 Å². The molecule has 2 aromatic heterocycles. The van der Waals surface area contributed by atoms with Gasteiger partial charge in [-0.3, -0.25) is 4.79 Å². The first kappa shape index (κ1) is 22.0. The molecular weight excluding hydrogens is 440 g/mol. The van der Waals surface area contributed by atoms with Crippen LogP contribution in [0, 0.1) is 11.6 Å². The Balaban J connectivity index is 1.90. The van der Waals surface area contributed by atoms with E-state index in [2.05, 4.69) is 9.97 Å². The normalized spacial score (nSPS) is 15.2. The Hall–Kier alpha value is -3.26. The summed E-state index contributed by atoms with van der Waals surface area (Å²) in [6.07, 6.45) is 2.88. The molecule has 0 aliphatic carbocycles. The Morgan fingerprint density at radius 2 is 2.00 bits per heavy atom. The maximum absolute atomic E-state index is 13.8. The number of pyridine rings is 1. The molecule has 1 N–H and O–H groups in total. The third kappa shape index (κ3) is 3.75. The van der Waals surface area contributed by atoms with Crippen molar-refractivity contribution in [2.45, 2.75) is 26.2 Å². The zero-order valence-electron chi connectivity index (χ0n) is 17.6. The zero-order valence-corrected chi connectivity index (χ0v) is 18.4. The molecule has 1 aromatic carbocycles. The highest BCUT2D eigenvalue weighted by Gasteiger charge is 2.38. The number of fused-ring (bicyclic) bond motifs is 3. The lowest BCUT2D eigenvalue weighted by Gasteiger charge is -2.29. The van der Waals surface area contributed by atoms with E-state index in [-0.39, 0.29) is 24.3 Å². The molecule has 1 aliphatic heterocycles. The number of hydrogen-bond donors (Lipinski definition) is 1. The molecule has 0 atom stereocenters. The van der Waals surface area contributed by atoms with Crippen LogP contribution in [0.2, 0.25) is 5.02 Å². The molecule has 32 heavy (non-hydrogen) atoms. The van der Waals surface area contributed by atoms with E-state index in [4.69, 9.17) is 16.3 Å². The molecule has 0 saturated carbocycles. The lowest BCUT2D eigenvalue weighted by atomic mass is 9.82. The van der Waals surface area contributed by atoms with Gasteiger partial charge in [-0.25, -0.2) is 18.6 Å². The van der Waals surface area contributed by atoms with Crippen LogP contribution in [0.3, 0.4) is 0 Å². The number of carbonyl (C=O) groups is 2. The number of H-pyrrole nitrogens is 1. The molecule has 0 radical (unpaired) electrons. The van der Waals surface area contributed by atoms with Crippen LogP contribution < -0.4 is 0 Å². The van der Waals surface area contributed by atoms with Crippen molar-refractivity contribution in [3.63, 3.8) is 0 Å². The zero-order chi connectivity index (χ0) is 23.2. The maximum atomic E-state index is 13.8. The molecule has 4 rings (SSSR count). The summed E-state index contributed by atoms with van der Waals surface area (Å²) in [5.74, 6) is -3.39. The van der Waals surface area contributed by atoms with Gasteiger partial charge in [-0.15, -0.1) is 0 Å². The minimum absolute atomic E-state index is 0.0423. The van der Waals surface area contributed by atoms with Gasteiger partial charge in [0, 0.05) is 35.3 Å². The van der Waals surface area contributed by atoms with E-state index in [9.17, 15) is 18.4 Å². The van der Waals surface area contributed by atoms with Gasteiger partial charge in [0.2, 0.25) is 0 Å². The number of ether oxygens (including phenoxy) is 1. The third-order valence-electron chi connectivity index (χ3n) is 5.34. The van der Waals surface area contributed by atoms with Crippen molar-refractivity contribution >= 4 is 40.1 Å². The topological polar surface area (TPSA) is 75.3 Å². The molecule has 166 valence electrons. The number of nitrogens with one attached hydrogen (secondary N) is 1. The standard InChI is InChI=1S/C23H20ClF2N3O3/c1-4-32-22(31)15-10-29(21(30)12-5-6-16(25)17(26)7-12)11-23(2,3)18-14-8-13(24)9-27-20(14)28-19(15)18/h5-10H,4,11H2,1-3H3,(H,27,28). The van der Waals surface area contributed by atoms with Gasteiger partial charge in [0.1, 0.15) is 5.65 Å². The highest BCUT2D eigenvalue weighted by atomic mass is 35.5. The van der Waals surface area contributed by atoms with Gasteiger partial charge in [0.05, 0.1) is 22.9 Å². The average molecular weight is 460 g/mol. The first-order valence-corrected chi connectivity index (χ1v) is 10.3. The van der Waals surface area contributed by atoms with E-state index in [1.54, 1.807) is 13.0 Å². The number of amides is 1. The molecule has 9 heteroatoms. The smallest absolute Gasteiger partial charge is 0.341 e. The summed E-state index contributed by atoms with van der Waals surface area (Å²) >= 11 is 6.17. The highest BCUT2D eigenvalue weighted by molar-refractivity contribution is 6.31. The SMILES string of the molecule is CCOC(=O)C1=CN(C(=O)c2ccc(F)c(F)c2)CC(C)(C)c2c1[nH]c1ncc(Cl)cc21. The first-order valence-electron chi connectivity index (χ1n) is 9.95. The van der Waals surface area contributed by atoms with Crippen LogP contribution in [0.15, 0.2) is 36.7 Å². The molecule has 0 bridgehead atoms. The van der Waals surface area contributed by atoms with Gasteiger partial charge >= 0.3 is 5.97 Å². The van der Waals surface area contributed by atoms with Gasteiger partial charge < -0.3 is 14.6 Å². The van der Waals surface area contributed by atoms with Gasteiger partial charge in [-0.05, 0) is 36.8 Å². The van der Waals surface area contributed by atoms with E-state index in [1.807, 2.05) is 13.8 Å². The molecule has 0 fully saturated rings. The number of benzene rings is 1. The predicted octanol–water partition coefficient (Wildman–Crippen LogP) is 4.83. The molecule has 0 unspecified atom stereocenters. The number of halogens is 3. The van der Waals surface area contributed by atoms with Crippen molar-refractivity contribution < 1.29 is 23.1 Å². The lowest BCUT2D eigenvalue weighted by Crippen LogP contribution is -2.37. The third-order valence-corrected chi connectivity index (χ3v) is 5.54. The Labute approximate surface area is 187 Å². The Morgan fingerprint density at radius 3 is 2.69 bits per heavy atom. The quantitative estimate of drug-likeness (QED) is 0.569. The van der Waals surface area contributed by atoms with Crippen molar-refractivity contribution in [2.75, 3.05) is 13.2 Å². The number of aromatic amines is 1. The van der Waals surface area contributed by atoms with Crippen molar-refractivity contribution in [1.29, 1.82) is 0 Å². The van der Waals surface area contributed by atoms with Crippen LogP contribution in [-0.4, -0.2) is 39.9 Å². The largest absolute Gasteiger partial charge is 0.462 e. The number of hydrogen-bond acceptors (Lipinski definition) is 4. The fourth-order valence-corrected chi connectivity index (χ4v) is 4.17. The molecule has 3 aromatic rings. The maximum Gasteiger partial charge on any atom is 0.341 e. The summed E-state index contributed by atoms with van der Waals surface area (Å²) in [6, 6.07) is 4.68. The van der Waals surface area contributed by atoms with Crippen LogP contribution in [0.5, 0.6) is 0 Å². The van der Waals surface area contributed by atoms with Crippen molar-refractivity contribution in [3.8, 4) is 0 Å². The molecule has 0 spiro atoms. The molecule has 3 heterocycles. The monoisotopic (exact) mass is 459 g/mol. The second-order valence-electron chi connectivity index (χ2n) is 8.13. The van der Waals surface area contributed by atoms with Crippen molar-refractivity contribution in [2.24, 2.45) is 0 Å². The fourth-order valence-electron chi connectivity index (χ4n) is 4.01. The molecular formula is C23H20ClF2N3O3. The highest BCUT2D eigenvalue weighted by Crippen LogP contribution is 2.40. The summed E-state index contributed by atoms with van der Waals surface area (Å²) in [6.45, 7) is 5.79. The Bertz CT molecular complexity index is 1280. The summed E-state index contributed by atoms with van der Waals surface area (Å²) in [4.78, 5) is 34.9. The number of aromatic nitrogens is 2. The van der Waals surface area contributed by atoms with Crippen LogP contribution in [0.25, 0.3) is 16.6 Å². The second kappa shape index (κ2) is 8.02. The molecule has 1 aliphatic rings. The van der Waals surface area contributed by atoms with E-state index in [1.165, 1.54) is 23.4 Å². The number of rotatable bonds is 3. The number of nitrogens with zero attached hydrogens (tertiary/aromatic N) is 2.